The smallest absolute Gasteiger partial charge is 0.257 e. The highest BCUT2D eigenvalue weighted by molar-refractivity contribution is 6.12. The van der Waals surface area contributed by atoms with Crippen molar-refractivity contribution in [2.75, 3.05) is 19.5 Å². The predicted molar refractivity (Wildman–Crippen MR) is 89.2 cm³/mol. The number of aromatic nitrogens is 1. The SMILES string of the molecule is COc1ccc(NC(=O)c2cccc3cccnc23)c(OC)c1. The molecule has 0 bridgehead atoms. The minimum Gasteiger partial charge on any atom is -0.497 e. The number of anilines is 1. The minimum atomic E-state index is -0.238. The number of rotatable bonds is 4. The summed E-state index contributed by atoms with van der Waals surface area (Å²) in [6, 6.07) is 14.5. The van der Waals surface area contributed by atoms with E-state index in [-0.39, 0.29) is 5.91 Å². The van der Waals surface area contributed by atoms with Gasteiger partial charge in [0, 0.05) is 17.6 Å². The van der Waals surface area contributed by atoms with Crippen molar-refractivity contribution in [2.24, 2.45) is 0 Å². The Morgan fingerprint density at radius 3 is 2.65 bits per heavy atom. The van der Waals surface area contributed by atoms with Gasteiger partial charge in [0.05, 0.1) is 31.0 Å². The molecule has 0 aliphatic heterocycles. The molecule has 1 amide bonds. The van der Waals surface area contributed by atoms with Gasteiger partial charge in [-0.15, -0.1) is 0 Å². The third kappa shape index (κ3) is 2.94. The zero-order chi connectivity index (χ0) is 16.2. The summed E-state index contributed by atoms with van der Waals surface area (Å²) >= 11 is 0. The predicted octanol–water partition coefficient (Wildman–Crippen LogP) is 3.50. The van der Waals surface area contributed by atoms with Crippen LogP contribution < -0.4 is 14.8 Å². The van der Waals surface area contributed by atoms with E-state index in [1.54, 1.807) is 44.7 Å². The van der Waals surface area contributed by atoms with Crippen LogP contribution in [0.5, 0.6) is 11.5 Å². The monoisotopic (exact) mass is 308 g/mol. The standard InChI is InChI=1S/C18H16N2O3/c1-22-13-8-9-15(16(11-13)23-2)20-18(21)14-7-3-5-12-6-4-10-19-17(12)14/h3-11H,1-2H3,(H,20,21). The van der Waals surface area contributed by atoms with E-state index in [9.17, 15) is 4.79 Å². The lowest BCUT2D eigenvalue weighted by atomic mass is 10.1. The Bertz CT molecular complexity index is 857. The van der Waals surface area contributed by atoms with Gasteiger partial charge in [0.15, 0.2) is 0 Å². The highest BCUT2D eigenvalue weighted by Crippen LogP contribution is 2.29. The molecule has 0 spiro atoms. The van der Waals surface area contributed by atoms with Crippen LogP contribution in [0, 0.1) is 0 Å². The maximum atomic E-state index is 12.6. The fourth-order valence-electron chi connectivity index (χ4n) is 2.38. The molecule has 0 saturated carbocycles. The molecule has 0 aliphatic carbocycles. The molecule has 0 radical (unpaired) electrons. The maximum Gasteiger partial charge on any atom is 0.257 e. The summed E-state index contributed by atoms with van der Waals surface area (Å²) in [6.45, 7) is 0. The number of carbonyl (C=O) groups is 1. The topological polar surface area (TPSA) is 60.5 Å². The molecular weight excluding hydrogens is 292 g/mol. The van der Waals surface area contributed by atoms with Crippen LogP contribution in [0.1, 0.15) is 10.4 Å². The van der Waals surface area contributed by atoms with Crippen LogP contribution >= 0.6 is 0 Å². The van der Waals surface area contributed by atoms with E-state index in [1.165, 1.54) is 0 Å². The van der Waals surface area contributed by atoms with Gasteiger partial charge in [0.25, 0.3) is 5.91 Å². The molecule has 23 heavy (non-hydrogen) atoms. The molecular formula is C18H16N2O3. The van der Waals surface area contributed by atoms with Gasteiger partial charge in [-0.05, 0) is 24.3 Å². The number of methoxy groups -OCH3 is 2. The number of benzene rings is 2. The summed E-state index contributed by atoms with van der Waals surface area (Å²) in [5, 5.41) is 3.78. The molecule has 3 aromatic rings. The quantitative estimate of drug-likeness (QED) is 0.801. The number of ether oxygens (including phenoxy) is 2. The largest absolute Gasteiger partial charge is 0.497 e. The van der Waals surface area contributed by atoms with Gasteiger partial charge in [-0.2, -0.15) is 0 Å². The number of hydrogen-bond acceptors (Lipinski definition) is 4. The Morgan fingerprint density at radius 2 is 1.87 bits per heavy atom. The Morgan fingerprint density at radius 1 is 1.04 bits per heavy atom. The van der Waals surface area contributed by atoms with Crippen LogP contribution in [0.2, 0.25) is 0 Å². The first-order chi connectivity index (χ1) is 11.2. The Hall–Kier alpha value is -3.08. The summed E-state index contributed by atoms with van der Waals surface area (Å²) in [7, 11) is 3.12. The third-order valence-corrected chi connectivity index (χ3v) is 3.53. The van der Waals surface area contributed by atoms with Gasteiger partial charge in [-0.3, -0.25) is 9.78 Å². The Kier molecular flexibility index (Phi) is 4.10. The van der Waals surface area contributed by atoms with E-state index < -0.39 is 0 Å². The van der Waals surface area contributed by atoms with Crippen LogP contribution in [-0.4, -0.2) is 25.1 Å². The number of nitrogens with one attached hydrogen (secondary N) is 1. The first-order valence-electron chi connectivity index (χ1n) is 7.10. The molecule has 0 saturated heterocycles. The summed E-state index contributed by atoms with van der Waals surface area (Å²) in [5.41, 5.74) is 1.76. The zero-order valence-corrected chi connectivity index (χ0v) is 12.9. The zero-order valence-electron chi connectivity index (χ0n) is 12.9. The summed E-state index contributed by atoms with van der Waals surface area (Å²) in [6.07, 6.45) is 1.67. The first-order valence-corrected chi connectivity index (χ1v) is 7.10. The lowest BCUT2D eigenvalue weighted by Crippen LogP contribution is -2.13. The van der Waals surface area contributed by atoms with E-state index in [1.807, 2.05) is 24.3 Å². The van der Waals surface area contributed by atoms with Gasteiger partial charge in [0.2, 0.25) is 0 Å². The van der Waals surface area contributed by atoms with E-state index in [4.69, 9.17) is 9.47 Å². The van der Waals surface area contributed by atoms with E-state index in [0.29, 0.717) is 28.3 Å². The molecule has 0 fully saturated rings. The molecule has 116 valence electrons. The van der Waals surface area contributed by atoms with Crippen LogP contribution in [-0.2, 0) is 0 Å². The maximum absolute atomic E-state index is 12.6. The van der Waals surface area contributed by atoms with Gasteiger partial charge >= 0.3 is 0 Å². The van der Waals surface area contributed by atoms with Crippen molar-refractivity contribution in [3.63, 3.8) is 0 Å². The highest BCUT2D eigenvalue weighted by Gasteiger charge is 2.13. The molecule has 5 heteroatoms. The number of carbonyl (C=O) groups excluding carboxylic acids is 1. The second-order valence-electron chi connectivity index (χ2n) is 4.90. The lowest BCUT2D eigenvalue weighted by Gasteiger charge is -2.12. The molecule has 2 aromatic carbocycles. The van der Waals surface area contributed by atoms with Gasteiger partial charge < -0.3 is 14.8 Å². The average Bonchev–Trinajstić information content (AvgIpc) is 2.61. The molecule has 0 unspecified atom stereocenters. The highest BCUT2D eigenvalue weighted by atomic mass is 16.5. The summed E-state index contributed by atoms with van der Waals surface area (Å²) in [5.74, 6) is 0.954. The first kappa shape index (κ1) is 14.8. The lowest BCUT2D eigenvalue weighted by molar-refractivity contribution is 0.102. The molecule has 5 nitrogen and oxygen atoms in total. The molecule has 1 heterocycles. The van der Waals surface area contributed by atoms with Gasteiger partial charge in [-0.1, -0.05) is 18.2 Å². The number of para-hydroxylation sites is 1. The molecule has 0 aliphatic rings. The number of fused-ring (bicyclic) bond motifs is 1. The van der Waals surface area contributed by atoms with E-state index >= 15 is 0 Å². The van der Waals surface area contributed by atoms with Crippen molar-refractivity contribution in [1.82, 2.24) is 4.98 Å². The normalized spacial score (nSPS) is 10.3. The van der Waals surface area contributed by atoms with Crippen molar-refractivity contribution in [1.29, 1.82) is 0 Å². The van der Waals surface area contributed by atoms with Crippen molar-refractivity contribution in [3.05, 3.63) is 60.3 Å². The molecule has 3 rings (SSSR count). The second-order valence-corrected chi connectivity index (χ2v) is 4.90. The average molecular weight is 308 g/mol. The summed E-state index contributed by atoms with van der Waals surface area (Å²) < 4.78 is 10.5. The third-order valence-electron chi connectivity index (χ3n) is 3.53. The Labute approximate surface area is 133 Å². The van der Waals surface area contributed by atoms with Crippen LogP contribution in [0.3, 0.4) is 0 Å². The number of amides is 1. The van der Waals surface area contributed by atoms with Crippen LogP contribution in [0.25, 0.3) is 10.9 Å². The number of hydrogen-bond donors (Lipinski definition) is 1. The molecule has 0 atom stereocenters. The fraction of sp³-hybridized carbons (Fsp3) is 0.111. The van der Waals surface area contributed by atoms with E-state index in [2.05, 4.69) is 10.3 Å². The van der Waals surface area contributed by atoms with Crippen molar-refractivity contribution in [3.8, 4) is 11.5 Å². The molecule has 1 N–H and O–H groups in total. The molecule has 1 aromatic heterocycles. The number of pyridine rings is 1. The van der Waals surface area contributed by atoms with Gasteiger partial charge in [-0.25, -0.2) is 0 Å². The van der Waals surface area contributed by atoms with Gasteiger partial charge in [0.1, 0.15) is 11.5 Å². The fourth-order valence-corrected chi connectivity index (χ4v) is 2.38. The second kappa shape index (κ2) is 6.36. The van der Waals surface area contributed by atoms with Crippen molar-refractivity contribution >= 4 is 22.5 Å². The minimum absolute atomic E-state index is 0.238. The summed E-state index contributed by atoms with van der Waals surface area (Å²) in [4.78, 5) is 16.9. The Balaban J connectivity index is 1.95. The van der Waals surface area contributed by atoms with Crippen LogP contribution in [0.15, 0.2) is 54.7 Å². The van der Waals surface area contributed by atoms with Crippen molar-refractivity contribution < 1.29 is 14.3 Å². The number of nitrogens with zero attached hydrogens (tertiary/aromatic N) is 1. The van der Waals surface area contributed by atoms with Crippen LogP contribution in [0.4, 0.5) is 5.69 Å². The van der Waals surface area contributed by atoms with Crippen molar-refractivity contribution in [2.45, 2.75) is 0 Å². The van der Waals surface area contributed by atoms with E-state index in [0.717, 1.165) is 5.39 Å².